The number of carbonyl (C=O) groups excluding carboxylic acids is 3. The first-order valence-electron chi connectivity index (χ1n) is 9.75. The lowest BCUT2D eigenvalue weighted by molar-refractivity contribution is -0.141. The highest BCUT2D eigenvalue weighted by Crippen LogP contribution is 2.19. The molecule has 0 spiro atoms. The van der Waals surface area contributed by atoms with Gasteiger partial charge in [-0.15, -0.1) is 0 Å². The topological polar surface area (TPSA) is 113 Å². The molecular formula is C24H23NO6. The second-order valence-electron chi connectivity index (χ2n) is 7.10. The molecule has 0 bridgehead atoms. The fraction of sp³-hybridized carbons (Fsp3) is 0.208. The molecule has 1 amide bonds. The number of methoxy groups -OCH3 is 1. The largest absolute Gasteiger partial charge is 0.465 e. The smallest absolute Gasteiger partial charge is 0.337 e. The highest BCUT2D eigenvalue weighted by Gasteiger charge is 2.29. The Hall–Kier alpha value is -3.55. The van der Waals surface area contributed by atoms with Crippen LogP contribution in [0.2, 0.25) is 0 Å². The minimum absolute atomic E-state index is 0.0704. The Morgan fingerprint density at radius 3 is 2.26 bits per heavy atom. The summed E-state index contributed by atoms with van der Waals surface area (Å²) in [5.41, 5.74) is 1.61. The van der Waals surface area contributed by atoms with Crippen molar-refractivity contribution in [2.24, 2.45) is 0 Å². The van der Waals surface area contributed by atoms with Crippen LogP contribution in [0.15, 0.2) is 66.7 Å². The molecule has 3 rings (SSSR count). The van der Waals surface area contributed by atoms with Gasteiger partial charge < -0.3 is 20.3 Å². The van der Waals surface area contributed by atoms with Gasteiger partial charge in [-0.2, -0.15) is 0 Å². The number of aryl methyl sites for hydroxylation is 1. The lowest BCUT2D eigenvalue weighted by atomic mass is 10.0. The fourth-order valence-electron chi connectivity index (χ4n) is 3.14. The molecule has 0 aliphatic carbocycles. The average molecular weight is 421 g/mol. The molecule has 0 aliphatic heterocycles. The van der Waals surface area contributed by atoms with E-state index in [4.69, 9.17) is 0 Å². The van der Waals surface area contributed by atoms with Crippen molar-refractivity contribution in [3.63, 3.8) is 0 Å². The van der Waals surface area contributed by atoms with Gasteiger partial charge in [0.15, 0.2) is 11.9 Å². The normalized spacial score (nSPS) is 12.7. The van der Waals surface area contributed by atoms with Crippen molar-refractivity contribution < 1.29 is 29.3 Å². The molecule has 7 nitrogen and oxygen atoms in total. The van der Waals surface area contributed by atoms with Crippen molar-refractivity contribution >= 4 is 34.1 Å². The molecule has 2 atom stereocenters. The van der Waals surface area contributed by atoms with Crippen molar-refractivity contribution in [3.05, 3.63) is 77.9 Å². The summed E-state index contributed by atoms with van der Waals surface area (Å²) in [5.74, 6) is -1.98. The summed E-state index contributed by atoms with van der Waals surface area (Å²) >= 11 is 0. The third-order valence-electron chi connectivity index (χ3n) is 4.95. The Morgan fingerprint density at radius 2 is 1.58 bits per heavy atom. The number of amides is 1. The Kier molecular flexibility index (Phi) is 7.12. The number of fused-ring (bicyclic) bond motifs is 1. The van der Waals surface area contributed by atoms with Gasteiger partial charge in [0.25, 0.3) is 5.91 Å². The summed E-state index contributed by atoms with van der Waals surface area (Å²) in [6, 6.07) is 19.3. The standard InChI is InChI=1S/C24H23NO6/c1-31-24(30)17-9-6-15(7-10-17)8-13-20(26)21(27)22(28)23(29)25-19-12-11-16-4-2-3-5-18(16)14-19/h2-7,9-12,14,21-22,27-28H,8,13H2,1H3,(H,25,29)/t21-,22+/m0/s1. The summed E-state index contributed by atoms with van der Waals surface area (Å²) in [6.45, 7) is 0. The third kappa shape index (κ3) is 5.53. The summed E-state index contributed by atoms with van der Waals surface area (Å²) in [4.78, 5) is 36.0. The van der Waals surface area contributed by atoms with Crippen LogP contribution in [-0.2, 0) is 20.7 Å². The van der Waals surface area contributed by atoms with E-state index in [0.717, 1.165) is 16.3 Å². The zero-order valence-corrected chi connectivity index (χ0v) is 16.9. The van der Waals surface area contributed by atoms with Crippen LogP contribution in [0.3, 0.4) is 0 Å². The molecule has 31 heavy (non-hydrogen) atoms. The molecule has 3 aromatic carbocycles. The number of hydrogen-bond acceptors (Lipinski definition) is 6. The average Bonchev–Trinajstić information content (AvgIpc) is 2.81. The zero-order valence-electron chi connectivity index (χ0n) is 16.9. The molecule has 0 saturated carbocycles. The summed E-state index contributed by atoms with van der Waals surface area (Å²) < 4.78 is 4.63. The van der Waals surface area contributed by atoms with Gasteiger partial charge in [0.1, 0.15) is 6.10 Å². The lowest BCUT2D eigenvalue weighted by Gasteiger charge is -2.17. The maximum atomic E-state index is 12.3. The minimum atomic E-state index is -1.89. The number of aliphatic hydroxyl groups excluding tert-OH is 2. The van der Waals surface area contributed by atoms with Crippen LogP contribution in [0.5, 0.6) is 0 Å². The number of anilines is 1. The molecule has 0 radical (unpaired) electrons. The minimum Gasteiger partial charge on any atom is -0.465 e. The summed E-state index contributed by atoms with van der Waals surface area (Å²) in [5, 5.41) is 24.7. The van der Waals surface area contributed by atoms with Gasteiger partial charge in [-0.25, -0.2) is 4.79 Å². The third-order valence-corrected chi connectivity index (χ3v) is 4.95. The first-order valence-corrected chi connectivity index (χ1v) is 9.75. The van der Waals surface area contributed by atoms with E-state index >= 15 is 0 Å². The number of nitrogens with one attached hydrogen (secondary N) is 1. The highest BCUT2D eigenvalue weighted by atomic mass is 16.5. The van der Waals surface area contributed by atoms with Gasteiger partial charge in [0.05, 0.1) is 12.7 Å². The predicted molar refractivity (Wildman–Crippen MR) is 116 cm³/mol. The molecule has 0 saturated heterocycles. The Labute approximate surface area is 179 Å². The van der Waals surface area contributed by atoms with Gasteiger partial charge in [0, 0.05) is 12.1 Å². The monoisotopic (exact) mass is 421 g/mol. The first-order chi connectivity index (χ1) is 14.9. The Morgan fingerprint density at radius 1 is 0.903 bits per heavy atom. The van der Waals surface area contributed by atoms with Crippen LogP contribution in [0, 0.1) is 0 Å². The highest BCUT2D eigenvalue weighted by molar-refractivity contribution is 6.00. The van der Waals surface area contributed by atoms with Crippen molar-refractivity contribution in [2.45, 2.75) is 25.0 Å². The van der Waals surface area contributed by atoms with Crippen molar-refractivity contribution in [3.8, 4) is 0 Å². The van der Waals surface area contributed by atoms with Gasteiger partial charge in [-0.3, -0.25) is 9.59 Å². The molecule has 160 valence electrons. The van der Waals surface area contributed by atoms with E-state index in [9.17, 15) is 24.6 Å². The predicted octanol–water partition coefficient (Wildman–Crippen LogP) is 2.49. The number of aliphatic hydroxyl groups is 2. The lowest BCUT2D eigenvalue weighted by Crippen LogP contribution is -2.42. The van der Waals surface area contributed by atoms with Crippen molar-refractivity contribution in [1.29, 1.82) is 0 Å². The number of rotatable bonds is 8. The molecule has 7 heteroatoms. The molecule has 0 aromatic heterocycles. The van der Waals surface area contributed by atoms with Gasteiger partial charge in [-0.1, -0.05) is 42.5 Å². The van der Waals surface area contributed by atoms with Crippen LogP contribution in [0.25, 0.3) is 10.8 Å². The molecule has 0 unspecified atom stereocenters. The Balaban J connectivity index is 1.55. The van der Waals surface area contributed by atoms with Crippen LogP contribution in [-0.4, -0.2) is 47.2 Å². The van der Waals surface area contributed by atoms with Crippen LogP contribution in [0.4, 0.5) is 5.69 Å². The zero-order chi connectivity index (χ0) is 22.4. The quantitative estimate of drug-likeness (QED) is 0.482. The number of Topliss-reactive ketones (excluding diaryl/α,β-unsaturated/α-hetero) is 1. The second kappa shape index (κ2) is 9.97. The number of ketones is 1. The van der Waals surface area contributed by atoms with E-state index in [0.29, 0.717) is 11.3 Å². The second-order valence-corrected chi connectivity index (χ2v) is 7.10. The molecule has 3 aromatic rings. The van der Waals surface area contributed by atoms with E-state index in [1.165, 1.54) is 7.11 Å². The van der Waals surface area contributed by atoms with E-state index in [2.05, 4.69) is 10.1 Å². The molecule has 0 aliphatic rings. The van der Waals surface area contributed by atoms with Crippen molar-refractivity contribution in [2.75, 3.05) is 12.4 Å². The van der Waals surface area contributed by atoms with Gasteiger partial charge in [0.2, 0.25) is 0 Å². The number of hydrogen-bond donors (Lipinski definition) is 3. The number of ether oxygens (including phenoxy) is 1. The van der Waals surface area contributed by atoms with Crippen LogP contribution >= 0.6 is 0 Å². The molecular weight excluding hydrogens is 398 g/mol. The maximum absolute atomic E-state index is 12.3. The molecule has 3 N–H and O–H groups in total. The fourth-order valence-corrected chi connectivity index (χ4v) is 3.14. The number of esters is 1. The number of benzene rings is 3. The van der Waals surface area contributed by atoms with Crippen LogP contribution < -0.4 is 5.32 Å². The molecule has 0 fully saturated rings. The summed E-state index contributed by atoms with van der Waals surface area (Å²) in [7, 11) is 1.29. The van der Waals surface area contributed by atoms with E-state index < -0.39 is 29.9 Å². The van der Waals surface area contributed by atoms with E-state index in [1.807, 2.05) is 30.3 Å². The van der Waals surface area contributed by atoms with Crippen molar-refractivity contribution in [1.82, 2.24) is 0 Å². The Bertz CT molecular complexity index is 1090. The number of carbonyl (C=O) groups is 3. The SMILES string of the molecule is COC(=O)c1ccc(CCC(=O)[C@H](O)[C@@H](O)C(=O)Nc2ccc3ccccc3c2)cc1. The van der Waals surface area contributed by atoms with Gasteiger partial charge in [-0.05, 0) is 47.0 Å². The van der Waals surface area contributed by atoms with Gasteiger partial charge >= 0.3 is 5.97 Å². The first kappa shape index (κ1) is 22.1. The summed E-state index contributed by atoms with van der Waals surface area (Å²) in [6.07, 6.45) is -3.51. The maximum Gasteiger partial charge on any atom is 0.337 e. The van der Waals surface area contributed by atoms with E-state index in [1.54, 1.807) is 36.4 Å². The van der Waals surface area contributed by atoms with E-state index in [-0.39, 0.29) is 12.8 Å². The molecule has 0 heterocycles. The van der Waals surface area contributed by atoms with Crippen LogP contribution in [0.1, 0.15) is 22.3 Å².